The fourth-order valence-corrected chi connectivity index (χ4v) is 3.74. The second-order valence-corrected chi connectivity index (χ2v) is 8.27. The molecule has 1 fully saturated rings. The molecular formula is C17H26N4O3. The zero-order valence-electron chi connectivity index (χ0n) is 15.0. The molecule has 0 aliphatic heterocycles. The molecule has 1 heterocycles. The van der Waals surface area contributed by atoms with Gasteiger partial charge < -0.3 is 15.2 Å². The highest BCUT2D eigenvalue weighted by molar-refractivity contribution is 5.75. The third-order valence-corrected chi connectivity index (χ3v) is 5.25. The van der Waals surface area contributed by atoms with Crippen LogP contribution in [0, 0.1) is 10.8 Å². The van der Waals surface area contributed by atoms with Gasteiger partial charge in [-0.25, -0.2) is 9.48 Å². The summed E-state index contributed by atoms with van der Waals surface area (Å²) in [6, 6.07) is 0.0296. The van der Waals surface area contributed by atoms with Crippen LogP contribution in [0.15, 0.2) is 12.3 Å². The molecule has 1 aromatic heterocycles. The van der Waals surface area contributed by atoms with Crippen molar-refractivity contribution in [3.05, 3.63) is 18.0 Å². The minimum absolute atomic E-state index is 0.0296. The lowest BCUT2D eigenvalue weighted by Crippen LogP contribution is -2.46. The van der Waals surface area contributed by atoms with Gasteiger partial charge in [0.1, 0.15) is 11.3 Å². The molecular weight excluding hydrogens is 308 g/mol. The van der Waals surface area contributed by atoms with E-state index in [2.05, 4.69) is 35.6 Å². The summed E-state index contributed by atoms with van der Waals surface area (Å²) in [5, 5.41) is 20.2. The summed E-state index contributed by atoms with van der Waals surface area (Å²) in [4.78, 5) is 12.1. The average Bonchev–Trinajstić information content (AvgIpc) is 2.92. The summed E-state index contributed by atoms with van der Waals surface area (Å²) >= 11 is 0. The van der Waals surface area contributed by atoms with Gasteiger partial charge in [-0.15, -0.1) is 5.10 Å². The minimum atomic E-state index is -0.505. The van der Waals surface area contributed by atoms with E-state index in [1.54, 1.807) is 10.9 Å². The largest absolute Gasteiger partial charge is 0.444 e. The maximum atomic E-state index is 12.1. The van der Waals surface area contributed by atoms with Crippen molar-refractivity contribution < 1.29 is 14.6 Å². The van der Waals surface area contributed by atoms with Crippen LogP contribution in [0.3, 0.4) is 0 Å². The lowest BCUT2D eigenvalue weighted by molar-refractivity contribution is 0.0459. The van der Waals surface area contributed by atoms with Gasteiger partial charge in [0.2, 0.25) is 0 Å². The van der Waals surface area contributed by atoms with E-state index in [-0.39, 0.29) is 29.6 Å². The fraction of sp³-hybridized carbons (Fsp3) is 0.706. The maximum Gasteiger partial charge on any atom is 0.407 e. The minimum Gasteiger partial charge on any atom is -0.444 e. The number of allylic oxidation sites excluding steroid dienone is 2. The molecule has 7 nitrogen and oxygen atoms in total. The van der Waals surface area contributed by atoms with Crippen molar-refractivity contribution in [1.82, 2.24) is 20.3 Å². The van der Waals surface area contributed by atoms with Crippen molar-refractivity contribution in [2.24, 2.45) is 10.8 Å². The highest BCUT2D eigenvalue weighted by Gasteiger charge is 2.63. The Balaban J connectivity index is 1.70. The van der Waals surface area contributed by atoms with E-state index in [4.69, 9.17) is 9.84 Å². The van der Waals surface area contributed by atoms with Gasteiger partial charge >= 0.3 is 6.09 Å². The van der Waals surface area contributed by atoms with Crippen molar-refractivity contribution >= 4 is 11.8 Å². The number of ether oxygens (including phenoxy) is 1. The molecule has 0 saturated heterocycles. The number of carbonyl (C=O) groups is 1. The second kappa shape index (κ2) is 5.31. The second-order valence-electron chi connectivity index (χ2n) is 8.27. The average molecular weight is 334 g/mol. The Morgan fingerprint density at radius 2 is 2.21 bits per heavy atom. The van der Waals surface area contributed by atoms with Gasteiger partial charge in [0.15, 0.2) is 0 Å². The number of nitrogens with one attached hydrogen (secondary N) is 1. The molecule has 2 N–H and O–H groups in total. The number of hydrogen-bond donors (Lipinski definition) is 2. The van der Waals surface area contributed by atoms with E-state index in [1.165, 1.54) is 0 Å². The van der Waals surface area contributed by atoms with E-state index in [1.807, 2.05) is 20.8 Å². The number of amides is 1. The number of rotatable bonds is 3. The van der Waals surface area contributed by atoms with Crippen molar-refractivity contribution in [3.8, 4) is 0 Å². The Bertz CT molecular complexity index is 686. The van der Waals surface area contributed by atoms with Gasteiger partial charge in [-0.3, -0.25) is 0 Å². The Morgan fingerprint density at radius 3 is 2.79 bits per heavy atom. The summed E-state index contributed by atoms with van der Waals surface area (Å²) in [5.41, 5.74) is 0.900. The first-order chi connectivity index (χ1) is 11.1. The number of hydrogen-bond acceptors (Lipinski definition) is 5. The topological polar surface area (TPSA) is 89.3 Å². The Kier molecular flexibility index (Phi) is 3.75. The third-order valence-electron chi connectivity index (χ3n) is 5.25. The first-order valence-electron chi connectivity index (χ1n) is 8.34. The van der Waals surface area contributed by atoms with Gasteiger partial charge in [0, 0.05) is 11.5 Å². The van der Waals surface area contributed by atoms with Crippen molar-refractivity contribution in [2.75, 3.05) is 0 Å². The number of alkyl carbamates (subject to hydrolysis) is 1. The highest BCUT2D eigenvalue weighted by atomic mass is 16.6. The maximum absolute atomic E-state index is 12.1. The van der Waals surface area contributed by atoms with E-state index in [9.17, 15) is 4.79 Å². The molecule has 0 radical (unpaired) electrons. The standard InChI is InChI=1S/C17H26N4O3/c1-15(2,3)24-14(23)18-12-6-7-17(16(12,4)5)8-13(17)21-9-11(10-22)19-20-21/h8-9,12,22H,6-7,10H2,1-5H3,(H,18,23). The molecule has 1 amide bonds. The predicted octanol–water partition coefficient (Wildman–Crippen LogP) is 2.32. The normalized spacial score (nSPS) is 27.9. The van der Waals surface area contributed by atoms with Gasteiger partial charge in [0.05, 0.1) is 18.5 Å². The smallest absolute Gasteiger partial charge is 0.407 e. The molecule has 7 heteroatoms. The summed E-state index contributed by atoms with van der Waals surface area (Å²) in [5.74, 6) is 0. The number of aromatic nitrogens is 3. The molecule has 2 atom stereocenters. The monoisotopic (exact) mass is 334 g/mol. The van der Waals surface area contributed by atoms with E-state index in [0.717, 1.165) is 18.5 Å². The van der Waals surface area contributed by atoms with Gasteiger partial charge in [-0.1, -0.05) is 19.1 Å². The Morgan fingerprint density at radius 1 is 1.50 bits per heavy atom. The lowest BCUT2D eigenvalue weighted by atomic mass is 9.74. The molecule has 3 rings (SSSR count). The fourth-order valence-electron chi connectivity index (χ4n) is 3.74. The first kappa shape index (κ1) is 17.0. The van der Waals surface area contributed by atoms with Crippen LogP contribution < -0.4 is 5.32 Å². The molecule has 1 saturated carbocycles. The Labute approximate surface area is 142 Å². The third kappa shape index (κ3) is 2.70. The molecule has 0 bridgehead atoms. The molecule has 132 valence electrons. The van der Waals surface area contributed by atoms with Gasteiger partial charge in [-0.2, -0.15) is 0 Å². The number of nitrogens with zero attached hydrogens (tertiary/aromatic N) is 3. The zero-order valence-corrected chi connectivity index (χ0v) is 15.0. The first-order valence-corrected chi connectivity index (χ1v) is 8.34. The molecule has 24 heavy (non-hydrogen) atoms. The van der Waals surface area contributed by atoms with Crippen LogP contribution in [0.2, 0.25) is 0 Å². The van der Waals surface area contributed by atoms with Crippen LogP contribution in [0.25, 0.3) is 5.70 Å². The quantitative estimate of drug-likeness (QED) is 0.885. The Hall–Kier alpha value is -1.89. The number of aliphatic hydroxyl groups excluding tert-OH is 1. The van der Waals surface area contributed by atoms with Crippen LogP contribution in [-0.4, -0.2) is 37.8 Å². The van der Waals surface area contributed by atoms with Gasteiger partial charge in [-0.05, 0) is 45.1 Å². The highest BCUT2D eigenvalue weighted by Crippen LogP contribution is 2.67. The van der Waals surface area contributed by atoms with Crippen LogP contribution in [-0.2, 0) is 11.3 Å². The number of carbonyl (C=O) groups excluding carboxylic acids is 1. The van der Waals surface area contributed by atoms with Crippen LogP contribution in [0.5, 0.6) is 0 Å². The van der Waals surface area contributed by atoms with Crippen molar-refractivity contribution in [1.29, 1.82) is 0 Å². The lowest BCUT2D eigenvalue weighted by Gasteiger charge is -2.35. The molecule has 1 spiro atoms. The summed E-state index contributed by atoms with van der Waals surface area (Å²) in [7, 11) is 0. The van der Waals surface area contributed by atoms with Crippen LogP contribution >= 0.6 is 0 Å². The zero-order chi connectivity index (χ0) is 17.8. The molecule has 0 aromatic carbocycles. The SMILES string of the molecule is CC(C)(C)OC(=O)NC1CCC2(C=C2n2cc(CO)nn2)C1(C)C. The van der Waals surface area contributed by atoms with Crippen molar-refractivity contribution in [3.63, 3.8) is 0 Å². The molecule has 2 aliphatic rings. The van der Waals surface area contributed by atoms with Crippen LogP contribution in [0.1, 0.15) is 53.2 Å². The molecule has 2 aliphatic carbocycles. The summed E-state index contributed by atoms with van der Waals surface area (Å²) in [6.45, 7) is 9.78. The number of aliphatic hydroxyl groups is 1. The predicted molar refractivity (Wildman–Crippen MR) is 88.8 cm³/mol. The summed E-state index contributed by atoms with van der Waals surface area (Å²) < 4.78 is 7.13. The summed E-state index contributed by atoms with van der Waals surface area (Å²) in [6.07, 6.45) is 5.41. The van der Waals surface area contributed by atoms with Crippen LogP contribution in [0.4, 0.5) is 4.79 Å². The van der Waals surface area contributed by atoms with E-state index in [0.29, 0.717) is 5.69 Å². The molecule has 1 aromatic rings. The van der Waals surface area contributed by atoms with E-state index < -0.39 is 5.60 Å². The van der Waals surface area contributed by atoms with Crippen molar-refractivity contribution in [2.45, 2.75) is 65.7 Å². The molecule has 2 unspecified atom stereocenters. The van der Waals surface area contributed by atoms with E-state index >= 15 is 0 Å². The van der Waals surface area contributed by atoms with Gasteiger partial charge in [0.25, 0.3) is 0 Å².